The number of hydrogen-bond acceptors (Lipinski definition) is 3. The zero-order valence-corrected chi connectivity index (χ0v) is 12.2. The van der Waals surface area contributed by atoms with E-state index in [2.05, 4.69) is 16.8 Å². The van der Waals surface area contributed by atoms with E-state index in [1.165, 1.54) is 0 Å². The van der Waals surface area contributed by atoms with Gasteiger partial charge in [0.2, 0.25) is 5.91 Å². The number of carbonyl (C=O) groups is 1. The number of halogens is 1. The van der Waals surface area contributed by atoms with Crippen LogP contribution in [0.4, 0.5) is 0 Å². The van der Waals surface area contributed by atoms with Gasteiger partial charge in [-0.05, 0) is 18.8 Å². The minimum atomic E-state index is -0.388. The molecule has 1 aliphatic rings. The molecule has 1 amide bonds. The highest BCUT2D eigenvalue weighted by Crippen LogP contribution is 2.10. The molecule has 1 aliphatic heterocycles. The second-order valence-corrected chi connectivity index (χ2v) is 5.14. The highest BCUT2D eigenvalue weighted by atomic mass is 35.5. The molecule has 0 radical (unpaired) electrons. The number of piperidine rings is 1. The summed E-state index contributed by atoms with van der Waals surface area (Å²) < 4.78 is 0. The van der Waals surface area contributed by atoms with Crippen LogP contribution < -0.4 is 11.1 Å². The van der Waals surface area contributed by atoms with Gasteiger partial charge in [-0.15, -0.1) is 19.0 Å². The summed E-state index contributed by atoms with van der Waals surface area (Å²) in [7, 11) is 0. The fourth-order valence-corrected chi connectivity index (χ4v) is 2.04. The van der Waals surface area contributed by atoms with Gasteiger partial charge >= 0.3 is 0 Å². The van der Waals surface area contributed by atoms with Gasteiger partial charge in [-0.1, -0.05) is 19.9 Å². The predicted molar refractivity (Wildman–Crippen MR) is 77.9 cm³/mol. The monoisotopic (exact) mass is 275 g/mol. The van der Waals surface area contributed by atoms with Crippen molar-refractivity contribution in [2.24, 2.45) is 11.7 Å². The van der Waals surface area contributed by atoms with Crippen molar-refractivity contribution in [1.29, 1.82) is 0 Å². The number of amides is 1. The molecule has 0 bridgehead atoms. The third kappa shape index (κ3) is 5.38. The van der Waals surface area contributed by atoms with Crippen LogP contribution in [-0.4, -0.2) is 42.5 Å². The molecular formula is C13H26ClN3O. The summed E-state index contributed by atoms with van der Waals surface area (Å²) in [6.07, 6.45) is 3.93. The first-order chi connectivity index (χ1) is 8.04. The predicted octanol–water partition coefficient (Wildman–Crippen LogP) is 1.16. The lowest BCUT2D eigenvalue weighted by Crippen LogP contribution is -2.51. The van der Waals surface area contributed by atoms with Crippen LogP contribution in [-0.2, 0) is 4.79 Å². The lowest BCUT2D eigenvalue weighted by molar-refractivity contribution is -0.124. The summed E-state index contributed by atoms with van der Waals surface area (Å²) in [4.78, 5) is 14.1. The van der Waals surface area contributed by atoms with E-state index in [1.54, 1.807) is 0 Å². The van der Waals surface area contributed by atoms with Gasteiger partial charge < -0.3 is 11.1 Å². The lowest BCUT2D eigenvalue weighted by Gasteiger charge is -2.32. The van der Waals surface area contributed by atoms with Crippen molar-refractivity contribution in [3.63, 3.8) is 0 Å². The van der Waals surface area contributed by atoms with Crippen molar-refractivity contribution in [2.45, 2.75) is 38.8 Å². The molecule has 0 saturated carbocycles. The fraction of sp³-hybridized carbons (Fsp3) is 0.769. The molecule has 106 valence electrons. The van der Waals surface area contributed by atoms with E-state index in [4.69, 9.17) is 5.73 Å². The van der Waals surface area contributed by atoms with Crippen molar-refractivity contribution < 1.29 is 4.79 Å². The number of hydrogen-bond donors (Lipinski definition) is 2. The Morgan fingerprint density at radius 3 is 2.50 bits per heavy atom. The Balaban J connectivity index is 0.00000289. The Morgan fingerprint density at radius 1 is 1.50 bits per heavy atom. The molecule has 0 aromatic heterocycles. The summed E-state index contributed by atoms with van der Waals surface area (Å²) >= 11 is 0. The van der Waals surface area contributed by atoms with Gasteiger partial charge in [0.1, 0.15) is 0 Å². The zero-order valence-electron chi connectivity index (χ0n) is 11.4. The highest BCUT2D eigenvalue weighted by Gasteiger charge is 2.23. The molecule has 0 aliphatic carbocycles. The van der Waals surface area contributed by atoms with Gasteiger partial charge in [0.15, 0.2) is 0 Å². The third-order valence-electron chi connectivity index (χ3n) is 3.34. The fourth-order valence-electron chi connectivity index (χ4n) is 2.04. The molecule has 1 atom stereocenters. The van der Waals surface area contributed by atoms with Crippen LogP contribution in [0.25, 0.3) is 0 Å². The third-order valence-corrected chi connectivity index (χ3v) is 3.34. The van der Waals surface area contributed by atoms with Crippen LogP contribution in [0.3, 0.4) is 0 Å². The number of nitrogens with two attached hydrogens (primary N) is 1. The summed E-state index contributed by atoms with van der Waals surface area (Å²) in [6, 6.07) is -0.102. The number of rotatable bonds is 5. The summed E-state index contributed by atoms with van der Waals surface area (Å²) in [5.74, 6) is 0.179. The molecule has 0 unspecified atom stereocenters. The molecule has 18 heavy (non-hydrogen) atoms. The van der Waals surface area contributed by atoms with Crippen LogP contribution in [0.1, 0.15) is 26.7 Å². The Morgan fingerprint density at radius 2 is 2.06 bits per heavy atom. The molecule has 5 heteroatoms. The maximum absolute atomic E-state index is 11.8. The molecule has 1 heterocycles. The minimum Gasteiger partial charge on any atom is -0.352 e. The van der Waals surface area contributed by atoms with E-state index >= 15 is 0 Å². The van der Waals surface area contributed by atoms with Crippen LogP contribution in [0, 0.1) is 5.92 Å². The van der Waals surface area contributed by atoms with Crippen molar-refractivity contribution in [3.05, 3.63) is 12.7 Å². The highest BCUT2D eigenvalue weighted by molar-refractivity contribution is 5.85. The molecule has 4 nitrogen and oxygen atoms in total. The van der Waals surface area contributed by atoms with Gasteiger partial charge in [-0.2, -0.15) is 0 Å². The van der Waals surface area contributed by atoms with Crippen LogP contribution in [0.15, 0.2) is 12.7 Å². The standard InChI is InChI=1S/C13H25N3O.ClH/c1-4-7-16-8-5-11(6-9-16)15-13(17)12(14)10(2)3;/h4,10-12H,1,5-9,14H2,2-3H3,(H,15,17);1H/t12-;/m0./s1. The number of nitrogens with zero attached hydrogens (tertiary/aromatic N) is 1. The summed E-state index contributed by atoms with van der Waals surface area (Å²) in [6.45, 7) is 10.7. The normalized spacial score (nSPS) is 19.1. The Hall–Kier alpha value is -0.580. The van der Waals surface area contributed by atoms with Gasteiger partial charge in [-0.25, -0.2) is 0 Å². The van der Waals surface area contributed by atoms with Gasteiger partial charge in [-0.3, -0.25) is 9.69 Å². The Bertz CT molecular complexity index is 263. The first kappa shape index (κ1) is 17.4. The van der Waals surface area contributed by atoms with E-state index in [-0.39, 0.29) is 36.3 Å². The molecular weight excluding hydrogens is 250 g/mol. The van der Waals surface area contributed by atoms with Crippen molar-refractivity contribution in [2.75, 3.05) is 19.6 Å². The number of nitrogens with one attached hydrogen (secondary N) is 1. The minimum absolute atomic E-state index is 0. The average Bonchev–Trinajstić information content (AvgIpc) is 2.30. The van der Waals surface area contributed by atoms with E-state index in [1.807, 2.05) is 19.9 Å². The quantitative estimate of drug-likeness (QED) is 0.741. The van der Waals surface area contributed by atoms with Crippen molar-refractivity contribution >= 4 is 18.3 Å². The Labute approximate surface area is 116 Å². The number of likely N-dealkylation sites (tertiary alicyclic amines) is 1. The van der Waals surface area contributed by atoms with Crippen molar-refractivity contribution in [3.8, 4) is 0 Å². The maximum Gasteiger partial charge on any atom is 0.237 e. The molecule has 3 N–H and O–H groups in total. The first-order valence-electron chi connectivity index (χ1n) is 6.43. The molecule has 0 aromatic carbocycles. The topological polar surface area (TPSA) is 58.4 Å². The zero-order chi connectivity index (χ0) is 12.8. The van der Waals surface area contributed by atoms with Gasteiger partial charge in [0.25, 0.3) is 0 Å². The van der Waals surface area contributed by atoms with E-state index < -0.39 is 0 Å². The van der Waals surface area contributed by atoms with Crippen LogP contribution in [0.2, 0.25) is 0 Å². The molecule has 1 saturated heterocycles. The maximum atomic E-state index is 11.8. The lowest BCUT2D eigenvalue weighted by atomic mass is 10.0. The number of carbonyl (C=O) groups excluding carboxylic acids is 1. The molecule has 1 fully saturated rings. The SMILES string of the molecule is C=CCN1CCC(NC(=O)[C@@H](N)C(C)C)CC1.Cl. The smallest absolute Gasteiger partial charge is 0.237 e. The van der Waals surface area contributed by atoms with Gasteiger partial charge in [0, 0.05) is 25.7 Å². The first-order valence-corrected chi connectivity index (χ1v) is 6.43. The molecule has 0 spiro atoms. The largest absolute Gasteiger partial charge is 0.352 e. The van der Waals surface area contributed by atoms with Gasteiger partial charge in [0.05, 0.1) is 6.04 Å². The second-order valence-electron chi connectivity index (χ2n) is 5.14. The molecule has 1 rings (SSSR count). The van der Waals surface area contributed by atoms with E-state index in [0.717, 1.165) is 32.5 Å². The van der Waals surface area contributed by atoms with Crippen LogP contribution in [0.5, 0.6) is 0 Å². The average molecular weight is 276 g/mol. The Kier molecular flexibility index (Phi) is 8.24. The van der Waals surface area contributed by atoms with Crippen molar-refractivity contribution in [1.82, 2.24) is 10.2 Å². The van der Waals surface area contributed by atoms with E-state index in [9.17, 15) is 4.79 Å². The van der Waals surface area contributed by atoms with Crippen LogP contribution >= 0.6 is 12.4 Å². The summed E-state index contributed by atoms with van der Waals surface area (Å²) in [5.41, 5.74) is 5.82. The summed E-state index contributed by atoms with van der Waals surface area (Å²) in [5, 5.41) is 3.05. The second kappa shape index (κ2) is 8.51. The molecule has 0 aromatic rings. The van der Waals surface area contributed by atoms with E-state index in [0.29, 0.717) is 0 Å².